The minimum absolute atomic E-state index is 0.542. The molecule has 1 aromatic rings. The predicted octanol–water partition coefficient (Wildman–Crippen LogP) is 2.37. The Bertz CT molecular complexity index is 479. The fourth-order valence-electron chi connectivity index (χ4n) is 1.93. The Morgan fingerprint density at radius 1 is 1.11 bits per heavy atom. The van der Waals surface area contributed by atoms with Crippen LogP contribution >= 0.6 is 11.8 Å². The van der Waals surface area contributed by atoms with E-state index in [0.717, 1.165) is 11.9 Å². The van der Waals surface area contributed by atoms with Crippen molar-refractivity contribution in [2.75, 3.05) is 27.8 Å². The molecule has 0 aromatic heterocycles. The van der Waals surface area contributed by atoms with E-state index >= 15 is 0 Å². The van der Waals surface area contributed by atoms with Gasteiger partial charge in [-0.2, -0.15) is 11.8 Å². The van der Waals surface area contributed by atoms with E-state index < -0.39 is 10.0 Å². The van der Waals surface area contributed by atoms with E-state index in [1.165, 1.54) is 24.3 Å². The predicted molar refractivity (Wildman–Crippen MR) is 78.9 cm³/mol. The van der Waals surface area contributed by atoms with Crippen molar-refractivity contribution in [3.05, 3.63) is 24.3 Å². The first-order valence-corrected chi connectivity index (χ1v) is 9.00. The highest BCUT2D eigenvalue weighted by Gasteiger charge is 2.13. The largest absolute Gasteiger partial charge is 0.382 e. The quantitative estimate of drug-likeness (QED) is 0.892. The molecule has 1 fully saturated rings. The Hall–Kier alpha value is -0.880. The summed E-state index contributed by atoms with van der Waals surface area (Å²) in [6.07, 6.45) is 3.53. The van der Waals surface area contributed by atoms with Gasteiger partial charge in [0, 0.05) is 17.4 Å². The van der Waals surface area contributed by atoms with E-state index in [1.54, 1.807) is 12.1 Å². The van der Waals surface area contributed by atoms with E-state index in [-0.39, 0.29) is 0 Å². The maximum Gasteiger partial charge on any atom is 0.229 e. The van der Waals surface area contributed by atoms with Gasteiger partial charge >= 0.3 is 0 Å². The van der Waals surface area contributed by atoms with Crippen LogP contribution in [0.15, 0.2) is 24.3 Å². The fraction of sp³-hybridized carbons (Fsp3) is 0.500. The van der Waals surface area contributed by atoms with E-state index in [9.17, 15) is 8.42 Å². The van der Waals surface area contributed by atoms with Gasteiger partial charge in [0.25, 0.3) is 0 Å². The summed E-state index contributed by atoms with van der Waals surface area (Å²) in [5.74, 6) is 2.43. The standard InChI is InChI=1S/C12H18N2O2S2/c1-18(15,16)14-12-4-2-10(3-5-12)13-11-6-8-17-9-7-11/h2-5,11,13-14H,6-9H2,1H3. The smallest absolute Gasteiger partial charge is 0.229 e. The monoisotopic (exact) mass is 286 g/mol. The molecule has 0 atom stereocenters. The van der Waals surface area contributed by atoms with Crippen LogP contribution in [0.25, 0.3) is 0 Å². The van der Waals surface area contributed by atoms with Crippen molar-refractivity contribution in [3.63, 3.8) is 0 Å². The molecule has 1 aliphatic rings. The lowest BCUT2D eigenvalue weighted by Crippen LogP contribution is -2.24. The third-order valence-electron chi connectivity index (χ3n) is 2.78. The molecule has 2 rings (SSSR count). The molecular weight excluding hydrogens is 268 g/mol. The van der Waals surface area contributed by atoms with Crippen LogP contribution in [-0.2, 0) is 10.0 Å². The zero-order chi connectivity index (χ0) is 13.0. The molecule has 0 radical (unpaired) electrons. The van der Waals surface area contributed by atoms with Gasteiger partial charge in [-0.05, 0) is 48.6 Å². The maximum atomic E-state index is 11.1. The molecule has 2 N–H and O–H groups in total. The number of benzene rings is 1. The summed E-state index contributed by atoms with van der Waals surface area (Å²) in [5, 5.41) is 3.48. The molecule has 4 nitrogen and oxygen atoms in total. The highest BCUT2D eigenvalue weighted by molar-refractivity contribution is 7.99. The molecule has 0 spiro atoms. The van der Waals surface area contributed by atoms with E-state index in [2.05, 4.69) is 10.0 Å². The van der Waals surface area contributed by atoms with Crippen LogP contribution in [0, 0.1) is 0 Å². The molecule has 1 saturated heterocycles. The van der Waals surface area contributed by atoms with Crippen molar-refractivity contribution in [1.29, 1.82) is 0 Å². The highest BCUT2D eigenvalue weighted by Crippen LogP contribution is 2.22. The summed E-state index contributed by atoms with van der Waals surface area (Å²) in [6.45, 7) is 0. The fourth-order valence-corrected chi connectivity index (χ4v) is 3.60. The summed E-state index contributed by atoms with van der Waals surface area (Å²) >= 11 is 2.00. The number of sulfonamides is 1. The van der Waals surface area contributed by atoms with Crippen LogP contribution in [0.2, 0.25) is 0 Å². The van der Waals surface area contributed by atoms with Gasteiger partial charge in [0.15, 0.2) is 0 Å². The molecule has 0 saturated carbocycles. The van der Waals surface area contributed by atoms with Crippen LogP contribution in [0.4, 0.5) is 11.4 Å². The zero-order valence-corrected chi connectivity index (χ0v) is 12.0. The van der Waals surface area contributed by atoms with Crippen LogP contribution in [0.5, 0.6) is 0 Å². The van der Waals surface area contributed by atoms with Gasteiger partial charge in [-0.3, -0.25) is 4.72 Å². The Labute approximate surface area is 113 Å². The van der Waals surface area contributed by atoms with Gasteiger partial charge in [-0.1, -0.05) is 0 Å². The SMILES string of the molecule is CS(=O)(=O)Nc1ccc(NC2CCSCC2)cc1. The highest BCUT2D eigenvalue weighted by atomic mass is 32.2. The molecule has 0 aliphatic carbocycles. The minimum Gasteiger partial charge on any atom is -0.382 e. The first-order chi connectivity index (χ1) is 8.53. The van der Waals surface area contributed by atoms with Gasteiger partial charge in [0.1, 0.15) is 0 Å². The topological polar surface area (TPSA) is 58.2 Å². The molecule has 6 heteroatoms. The third kappa shape index (κ3) is 4.42. The van der Waals surface area contributed by atoms with E-state index in [0.29, 0.717) is 11.7 Å². The second-order valence-electron chi connectivity index (χ2n) is 4.48. The van der Waals surface area contributed by atoms with Gasteiger partial charge in [-0.15, -0.1) is 0 Å². The Kier molecular flexibility index (Phi) is 4.40. The average Bonchev–Trinajstić information content (AvgIpc) is 2.31. The van der Waals surface area contributed by atoms with Crippen molar-refractivity contribution in [2.24, 2.45) is 0 Å². The van der Waals surface area contributed by atoms with Crippen molar-refractivity contribution < 1.29 is 8.42 Å². The van der Waals surface area contributed by atoms with Crippen molar-refractivity contribution in [3.8, 4) is 0 Å². The van der Waals surface area contributed by atoms with E-state index in [4.69, 9.17) is 0 Å². The molecular formula is C12H18N2O2S2. The van der Waals surface area contributed by atoms with E-state index in [1.807, 2.05) is 23.9 Å². The van der Waals surface area contributed by atoms with Crippen LogP contribution in [0.3, 0.4) is 0 Å². The number of thioether (sulfide) groups is 1. The first-order valence-electron chi connectivity index (χ1n) is 5.95. The molecule has 1 aliphatic heterocycles. The molecule has 1 heterocycles. The average molecular weight is 286 g/mol. The van der Waals surface area contributed by atoms with Crippen LogP contribution < -0.4 is 10.0 Å². The zero-order valence-electron chi connectivity index (χ0n) is 10.3. The van der Waals surface area contributed by atoms with Crippen molar-refractivity contribution >= 4 is 33.2 Å². The number of hydrogen-bond acceptors (Lipinski definition) is 4. The number of hydrogen-bond donors (Lipinski definition) is 2. The molecule has 100 valence electrons. The molecule has 0 bridgehead atoms. The minimum atomic E-state index is -3.19. The van der Waals surface area contributed by atoms with Gasteiger partial charge < -0.3 is 5.32 Å². The summed E-state index contributed by atoms with van der Waals surface area (Å²) in [6, 6.07) is 7.92. The van der Waals surface area contributed by atoms with Gasteiger partial charge in [0.2, 0.25) is 10.0 Å². The lowest BCUT2D eigenvalue weighted by Gasteiger charge is -2.23. The molecule has 1 aromatic carbocycles. The number of nitrogens with one attached hydrogen (secondary N) is 2. The number of anilines is 2. The lowest BCUT2D eigenvalue weighted by molar-refractivity contribution is 0.607. The summed E-state index contributed by atoms with van der Waals surface area (Å²) < 4.78 is 24.6. The van der Waals surface area contributed by atoms with Crippen molar-refractivity contribution in [1.82, 2.24) is 0 Å². The van der Waals surface area contributed by atoms with Gasteiger partial charge in [0.05, 0.1) is 6.26 Å². The summed E-state index contributed by atoms with van der Waals surface area (Å²) in [4.78, 5) is 0. The second kappa shape index (κ2) is 5.84. The maximum absolute atomic E-state index is 11.1. The normalized spacial score (nSPS) is 17.4. The Morgan fingerprint density at radius 2 is 1.67 bits per heavy atom. The van der Waals surface area contributed by atoms with Crippen molar-refractivity contribution in [2.45, 2.75) is 18.9 Å². The van der Waals surface area contributed by atoms with Crippen LogP contribution in [0.1, 0.15) is 12.8 Å². The summed E-state index contributed by atoms with van der Waals surface area (Å²) in [7, 11) is -3.19. The second-order valence-corrected chi connectivity index (χ2v) is 7.46. The molecule has 0 amide bonds. The van der Waals surface area contributed by atoms with Gasteiger partial charge in [-0.25, -0.2) is 8.42 Å². The number of rotatable bonds is 4. The van der Waals surface area contributed by atoms with Crippen LogP contribution in [-0.4, -0.2) is 32.2 Å². The first kappa shape index (κ1) is 13.5. The molecule has 18 heavy (non-hydrogen) atoms. The Balaban J connectivity index is 1.94. The summed E-state index contributed by atoms with van der Waals surface area (Å²) in [5.41, 5.74) is 1.65. The lowest BCUT2D eigenvalue weighted by atomic mass is 10.1. The molecule has 0 unspecified atom stereocenters. The third-order valence-corrected chi connectivity index (χ3v) is 4.44. The Morgan fingerprint density at radius 3 is 2.22 bits per heavy atom.